The molecule has 0 spiro atoms. The fourth-order valence-corrected chi connectivity index (χ4v) is 2.62. The summed E-state index contributed by atoms with van der Waals surface area (Å²) in [6, 6.07) is 14.1. The van der Waals surface area contributed by atoms with Crippen molar-refractivity contribution in [2.24, 2.45) is 5.92 Å². The number of rotatable bonds is 6. The summed E-state index contributed by atoms with van der Waals surface area (Å²) in [6.45, 7) is 1.67. The maximum Gasteiger partial charge on any atom is 0.314 e. The van der Waals surface area contributed by atoms with Gasteiger partial charge in [0.15, 0.2) is 0 Å². The van der Waals surface area contributed by atoms with Gasteiger partial charge in [0.1, 0.15) is 5.75 Å². The van der Waals surface area contributed by atoms with Crippen LogP contribution in [0.4, 0.5) is 5.69 Å². The standard InChI is InChI=1S/C17H15NO5S/c1-12(11-24-17(20)13-5-3-2-4-6-13)16(19)23-15-9-7-14(8-10-15)18(21)22/h2-10,12H,11H2,1H3. The zero-order valence-corrected chi connectivity index (χ0v) is 13.7. The number of non-ortho nitro benzene ring substituents is 1. The van der Waals surface area contributed by atoms with Gasteiger partial charge in [-0.1, -0.05) is 49.0 Å². The molecule has 0 radical (unpaired) electrons. The SMILES string of the molecule is CC(CSC(=O)c1ccccc1)C(=O)Oc1ccc([N+](=O)[O-])cc1. The number of nitro benzene ring substituents is 1. The molecule has 0 heterocycles. The van der Waals surface area contributed by atoms with Gasteiger partial charge in [-0.3, -0.25) is 19.7 Å². The van der Waals surface area contributed by atoms with Crippen LogP contribution in [0.25, 0.3) is 0 Å². The fourth-order valence-electron chi connectivity index (χ4n) is 1.78. The van der Waals surface area contributed by atoms with Crippen molar-refractivity contribution in [1.82, 2.24) is 0 Å². The summed E-state index contributed by atoms with van der Waals surface area (Å²) in [5, 5.41) is 10.5. The number of esters is 1. The molecule has 0 aliphatic heterocycles. The van der Waals surface area contributed by atoms with E-state index in [1.54, 1.807) is 31.2 Å². The van der Waals surface area contributed by atoms with Crippen LogP contribution in [0.2, 0.25) is 0 Å². The van der Waals surface area contributed by atoms with E-state index in [4.69, 9.17) is 4.74 Å². The van der Waals surface area contributed by atoms with Crippen molar-refractivity contribution >= 4 is 28.5 Å². The Labute approximate surface area is 143 Å². The monoisotopic (exact) mass is 345 g/mol. The maximum atomic E-state index is 12.0. The molecule has 0 amide bonds. The molecule has 0 saturated heterocycles. The Morgan fingerprint density at radius 3 is 2.33 bits per heavy atom. The number of hydrogen-bond donors (Lipinski definition) is 0. The molecule has 24 heavy (non-hydrogen) atoms. The van der Waals surface area contributed by atoms with Crippen molar-refractivity contribution < 1.29 is 19.2 Å². The number of carbonyl (C=O) groups excluding carboxylic acids is 2. The number of nitro groups is 1. The molecule has 0 aromatic heterocycles. The highest BCUT2D eigenvalue weighted by Gasteiger charge is 2.18. The third-order valence-corrected chi connectivity index (χ3v) is 4.31. The van der Waals surface area contributed by atoms with Gasteiger partial charge in [0, 0.05) is 23.4 Å². The zero-order valence-electron chi connectivity index (χ0n) is 12.9. The summed E-state index contributed by atoms with van der Waals surface area (Å²) in [6.07, 6.45) is 0. The normalized spacial score (nSPS) is 11.5. The highest BCUT2D eigenvalue weighted by Crippen LogP contribution is 2.20. The van der Waals surface area contributed by atoms with E-state index in [9.17, 15) is 19.7 Å². The third kappa shape index (κ3) is 4.92. The lowest BCUT2D eigenvalue weighted by Gasteiger charge is -2.10. The molecule has 0 N–H and O–H groups in total. The molecule has 1 atom stereocenters. The van der Waals surface area contributed by atoms with E-state index < -0.39 is 16.8 Å². The highest BCUT2D eigenvalue weighted by molar-refractivity contribution is 8.14. The van der Waals surface area contributed by atoms with Gasteiger partial charge in [0.05, 0.1) is 10.8 Å². The molecule has 2 aromatic rings. The molecular formula is C17H15NO5S. The zero-order chi connectivity index (χ0) is 17.5. The maximum absolute atomic E-state index is 12.0. The minimum absolute atomic E-state index is 0.0770. The molecule has 0 aliphatic carbocycles. The first-order chi connectivity index (χ1) is 11.5. The molecule has 2 aromatic carbocycles. The van der Waals surface area contributed by atoms with E-state index in [1.807, 2.05) is 6.07 Å². The van der Waals surface area contributed by atoms with Crippen LogP contribution in [0.5, 0.6) is 5.75 Å². The number of hydrogen-bond acceptors (Lipinski definition) is 6. The molecule has 7 heteroatoms. The molecule has 0 saturated carbocycles. The first-order valence-electron chi connectivity index (χ1n) is 7.15. The summed E-state index contributed by atoms with van der Waals surface area (Å²) < 4.78 is 5.16. The van der Waals surface area contributed by atoms with Crippen molar-refractivity contribution in [3.8, 4) is 5.75 Å². The van der Waals surface area contributed by atoms with Crippen LogP contribution in [0.1, 0.15) is 17.3 Å². The van der Waals surface area contributed by atoms with Gasteiger partial charge in [-0.2, -0.15) is 0 Å². The molecule has 124 valence electrons. The van der Waals surface area contributed by atoms with Gasteiger partial charge in [0.25, 0.3) is 5.69 Å². The predicted octanol–water partition coefficient (Wildman–Crippen LogP) is 3.71. The Hall–Kier alpha value is -2.67. The topological polar surface area (TPSA) is 86.5 Å². The van der Waals surface area contributed by atoms with E-state index in [-0.39, 0.29) is 16.6 Å². The van der Waals surface area contributed by atoms with Crippen molar-refractivity contribution in [3.63, 3.8) is 0 Å². The number of carbonyl (C=O) groups is 2. The lowest BCUT2D eigenvalue weighted by molar-refractivity contribution is -0.384. The van der Waals surface area contributed by atoms with Gasteiger partial charge in [-0.15, -0.1) is 0 Å². The van der Waals surface area contributed by atoms with Crippen molar-refractivity contribution in [2.75, 3.05) is 5.75 Å². The smallest absolute Gasteiger partial charge is 0.314 e. The quantitative estimate of drug-likeness (QED) is 0.343. The first kappa shape index (κ1) is 17.7. The van der Waals surface area contributed by atoms with Crippen LogP contribution < -0.4 is 4.74 Å². The average Bonchev–Trinajstić information content (AvgIpc) is 2.60. The van der Waals surface area contributed by atoms with E-state index in [0.29, 0.717) is 11.3 Å². The average molecular weight is 345 g/mol. The summed E-state index contributed by atoms with van der Waals surface area (Å²) >= 11 is 1.05. The lowest BCUT2D eigenvalue weighted by atomic mass is 10.2. The van der Waals surface area contributed by atoms with E-state index >= 15 is 0 Å². The molecule has 2 rings (SSSR count). The second-order valence-corrected chi connectivity index (χ2v) is 6.03. The first-order valence-corrected chi connectivity index (χ1v) is 8.14. The van der Waals surface area contributed by atoms with Crippen LogP contribution in [0.15, 0.2) is 54.6 Å². The molecular weight excluding hydrogens is 330 g/mol. The Bertz CT molecular complexity index is 730. The number of benzene rings is 2. The van der Waals surface area contributed by atoms with Crippen LogP contribution in [-0.4, -0.2) is 21.8 Å². The van der Waals surface area contributed by atoms with Crippen molar-refractivity contribution in [3.05, 3.63) is 70.3 Å². The van der Waals surface area contributed by atoms with E-state index in [0.717, 1.165) is 11.8 Å². The second-order valence-electron chi connectivity index (χ2n) is 5.04. The number of thioether (sulfide) groups is 1. The van der Waals surface area contributed by atoms with Gasteiger partial charge in [-0.05, 0) is 12.1 Å². The summed E-state index contributed by atoms with van der Waals surface area (Å²) in [5.74, 6) is -0.452. The van der Waals surface area contributed by atoms with E-state index in [1.165, 1.54) is 24.3 Å². The Kier molecular flexibility index (Phi) is 6.08. The molecule has 6 nitrogen and oxygen atoms in total. The largest absolute Gasteiger partial charge is 0.426 e. The van der Waals surface area contributed by atoms with Gasteiger partial charge in [0.2, 0.25) is 5.12 Å². The summed E-state index contributed by atoms with van der Waals surface area (Å²) in [7, 11) is 0. The fraction of sp³-hybridized carbons (Fsp3) is 0.176. The summed E-state index contributed by atoms with van der Waals surface area (Å²) in [5.41, 5.74) is 0.505. The van der Waals surface area contributed by atoms with Gasteiger partial charge in [-0.25, -0.2) is 0 Å². The molecule has 0 aliphatic rings. The van der Waals surface area contributed by atoms with Crippen molar-refractivity contribution in [1.29, 1.82) is 0 Å². The number of ether oxygens (including phenoxy) is 1. The minimum Gasteiger partial charge on any atom is -0.426 e. The lowest BCUT2D eigenvalue weighted by Crippen LogP contribution is -2.20. The highest BCUT2D eigenvalue weighted by atomic mass is 32.2. The number of nitrogens with zero attached hydrogens (tertiary/aromatic N) is 1. The van der Waals surface area contributed by atoms with Crippen LogP contribution in [0.3, 0.4) is 0 Å². The molecule has 0 bridgehead atoms. The molecule has 1 unspecified atom stereocenters. The van der Waals surface area contributed by atoms with Gasteiger partial charge < -0.3 is 4.74 Å². The van der Waals surface area contributed by atoms with E-state index in [2.05, 4.69) is 0 Å². The Balaban J connectivity index is 1.85. The predicted molar refractivity (Wildman–Crippen MR) is 91.1 cm³/mol. The van der Waals surface area contributed by atoms with Crippen LogP contribution in [0, 0.1) is 16.0 Å². The Morgan fingerprint density at radius 2 is 1.75 bits per heavy atom. The summed E-state index contributed by atoms with van der Waals surface area (Å²) in [4.78, 5) is 34.0. The van der Waals surface area contributed by atoms with Crippen molar-refractivity contribution in [2.45, 2.75) is 6.92 Å². The minimum atomic E-state index is -0.528. The Morgan fingerprint density at radius 1 is 1.12 bits per heavy atom. The van der Waals surface area contributed by atoms with Crippen LogP contribution >= 0.6 is 11.8 Å². The third-order valence-electron chi connectivity index (χ3n) is 3.14. The molecule has 0 fully saturated rings. The second kappa shape index (κ2) is 8.26. The van der Waals surface area contributed by atoms with Crippen LogP contribution in [-0.2, 0) is 4.79 Å². The van der Waals surface area contributed by atoms with Gasteiger partial charge >= 0.3 is 5.97 Å².